The molecule has 0 heterocycles. The zero-order valence-electron chi connectivity index (χ0n) is 11.4. The van der Waals surface area contributed by atoms with Gasteiger partial charge in [-0.15, -0.1) is 0 Å². The van der Waals surface area contributed by atoms with E-state index >= 15 is 0 Å². The third kappa shape index (κ3) is 4.86. The highest BCUT2D eigenvalue weighted by Gasteiger charge is 2.22. The molecule has 2 heteroatoms. The Morgan fingerprint density at radius 2 is 2.06 bits per heavy atom. The van der Waals surface area contributed by atoms with Crippen molar-refractivity contribution in [2.45, 2.75) is 46.6 Å². The van der Waals surface area contributed by atoms with E-state index < -0.39 is 0 Å². The molecule has 1 N–H and O–H groups in total. The second-order valence-electron chi connectivity index (χ2n) is 5.51. The average Bonchev–Trinajstić information content (AvgIpc) is 2.26. The first-order valence-corrected chi connectivity index (χ1v) is 6.43. The van der Waals surface area contributed by atoms with E-state index in [1.807, 2.05) is 6.07 Å². The average molecular weight is 237 g/mol. The van der Waals surface area contributed by atoms with E-state index in [0.29, 0.717) is 6.04 Å². The maximum Gasteiger partial charge on any atom is 0.123 e. The minimum atomic E-state index is -0.141. The molecule has 0 aromatic heterocycles. The zero-order valence-corrected chi connectivity index (χ0v) is 11.4. The van der Waals surface area contributed by atoms with Crippen molar-refractivity contribution in [2.24, 2.45) is 5.41 Å². The molecule has 1 aromatic carbocycles. The van der Waals surface area contributed by atoms with Crippen LogP contribution < -0.4 is 5.32 Å². The van der Waals surface area contributed by atoms with Gasteiger partial charge in [0.25, 0.3) is 0 Å². The molecule has 0 bridgehead atoms. The second kappa shape index (κ2) is 6.15. The summed E-state index contributed by atoms with van der Waals surface area (Å²) in [6, 6.07) is 7.43. The van der Waals surface area contributed by atoms with E-state index in [2.05, 4.69) is 33.0 Å². The van der Waals surface area contributed by atoms with Crippen LogP contribution in [0, 0.1) is 11.2 Å². The van der Waals surface area contributed by atoms with Gasteiger partial charge in [0.15, 0.2) is 0 Å². The highest BCUT2D eigenvalue weighted by atomic mass is 19.1. The zero-order chi connectivity index (χ0) is 12.9. The van der Waals surface area contributed by atoms with E-state index in [1.54, 1.807) is 12.1 Å². The van der Waals surface area contributed by atoms with Gasteiger partial charge < -0.3 is 5.32 Å². The van der Waals surface area contributed by atoms with Gasteiger partial charge in [-0.1, -0.05) is 39.8 Å². The van der Waals surface area contributed by atoms with Crippen molar-refractivity contribution in [1.82, 2.24) is 5.32 Å². The van der Waals surface area contributed by atoms with Gasteiger partial charge in [0.2, 0.25) is 0 Å². The quantitative estimate of drug-likeness (QED) is 0.794. The lowest BCUT2D eigenvalue weighted by Gasteiger charge is -2.30. The Balaban J connectivity index is 2.67. The molecule has 0 aliphatic heterocycles. The summed E-state index contributed by atoms with van der Waals surface area (Å²) in [7, 11) is 0. The van der Waals surface area contributed by atoms with Crippen molar-refractivity contribution in [1.29, 1.82) is 0 Å². The SMILES string of the molecule is CCC(C)(CNC(C)C)Cc1cccc(F)c1. The van der Waals surface area contributed by atoms with Gasteiger partial charge in [-0.3, -0.25) is 0 Å². The van der Waals surface area contributed by atoms with Crippen LogP contribution in [0.1, 0.15) is 39.7 Å². The van der Waals surface area contributed by atoms with Crippen LogP contribution in [0.2, 0.25) is 0 Å². The van der Waals surface area contributed by atoms with Gasteiger partial charge in [-0.05, 0) is 36.0 Å². The van der Waals surface area contributed by atoms with Crippen LogP contribution in [0.4, 0.5) is 4.39 Å². The first kappa shape index (κ1) is 14.2. The Kier molecular flexibility index (Phi) is 5.13. The van der Waals surface area contributed by atoms with Crippen molar-refractivity contribution in [3.8, 4) is 0 Å². The molecule has 0 spiro atoms. The Hall–Kier alpha value is -0.890. The third-order valence-electron chi connectivity index (χ3n) is 3.31. The van der Waals surface area contributed by atoms with Crippen LogP contribution in [0.25, 0.3) is 0 Å². The number of benzene rings is 1. The van der Waals surface area contributed by atoms with E-state index in [1.165, 1.54) is 6.07 Å². The molecule has 0 fully saturated rings. The molecular weight excluding hydrogens is 213 g/mol. The van der Waals surface area contributed by atoms with Crippen molar-refractivity contribution < 1.29 is 4.39 Å². The Labute approximate surface area is 104 Å². The fourth-order valence-corrected chi connectivity index (χ4v) is 1.90. The molecule has 1 nitrogen and oxygen atoms in total. The van der Waals surface area contributed by atoms with Crippen LogP contribution in [-0.4, -0.2) is 12.6 Å². The molecule has 17 heavy (non-hydrogen) atoms. The summed E-state index contributed by atoms with van der Waals surface area (Å²) in [5.41, 5.74) is 1.28. The minimum absolute atomic E-state index is 0.141. The molecule has 0 saturated heterocycles. The summed E-state index contributed by atoms with van der Waals surface area (Å²) in [6.45, 7) is 9.72. The summed E-state index contributed by atoms with van der Waals surface area (Å²) in [4.78, 5) is 0. The Morgan fingerprint density at radius 1 is 1.35 bits per heavy atom. The highest BCUT2D eigenvalue weighted by molar-refractivity contribution is 5.18. The first-order chi connectivity index (χ1) is 7.95. The summed E-state index contributed by atoms with van der Waals surface area (Å²) < 4.78 is 13.1. The number of hydrogen-bond acceptors (Lipinski definition) is 1. The number of rotatable bonds is 6. The summed E-state index contributed by atoms with van der Waals surface area (Å²) in [6.07, 6.45) is 2.00. The van der Waals surface area contributed by atoms with Crippen molar-refractivity contribution >= 4 is 0 Å². The normalized spacial score (nSPS) is 14.9. The van der Waals surface area contributed by atoms with Crippen LogP contribution in [-0.2, 0) is 6.42 Å². The molecule has 1 aromatic rings. The maximum atomic E-state index is 13.1. The lowest BCUT2D eigenvalue weighted by Crippen LogP contribution is -2.36. The maximum absolute atomic E-state index is 13.1. The lowest BCUT2D eigenvalue weighted by molar-refractivity contribution is 0.281. The van der Waals surface area contributed by atoms with Gasteiger partial charge in [-0.25, -0.2) is 4.39 Å². The van der Waals surface area contributed by atoms with Gasteiger partial charge in [0.1, 0.15) is 5.82 Å². The number of hydrogen-bond donors (Lipinski definition) is 1. The predicted octanol–water partition coefficient (Wildman–Crippen LogP) is 3.78. The molecule has 0 amide bonds. The van der Waals surface area contributed by atoms with E-state index in [4.69, 9.17) is 0 Å². The van der Waals surface area contributed by atoms with Gasteiger partial charge in [-0.2, -0.15) is 0 Å². The van der Waals surface area contributed by atoms with Crippen molar-refractivity contribution in [2.75, 3.05) is 6.54 Å². The molecule has 1 atom stereocenters. The molecule has 1 unspecified atom stereocenters. The van der Waals surface area contributed by atoms with E-state index in [0.717, 1.165) is 24.9 Å². The standard InChI is InChI=1S/C15H24FN/c1-5-15(4,11-17-12(2)3)10-13-7-6-8-14(16)9-13/h6-9,12,17H,5,10-11H2,1-4H3. The monoisotopic (exact) mass is 237 g/mol. The second-order valence-corrected chi connectivity index (χ2v) is 5.51. The van der Waals surface area contributed by atoms with Crippen LogP contribution >= 0.6 is 0 Å². The van der Waals surface area contributed by atoms with Gasteiger partial charge >= 0.3 is 0 Å². The number of halogens is 1. The summed E-state index contributed by atoms with van der Waals surface area (Å²) in [5.74, 6) is -0.141. The van der Waals surface area contributed by atoms with E-state index in [9.17, 15) is 4.39 Å². The predicted molar refractivity (Wildman–Crippen MR) is 71.6 cm³/mol. The molecule has 96 valence electrons. The minimum Gasteiger partial charge on any atom is -0.314 e. The highest BCUT2D eigenvalue weighted by Crippen LogP contribution is 2.26. The van der Waals surface area contributed by atoms with Gasteiger partial charge in [0, 0.05) is 12.6 Å². The topological polar surface area (TPSA) is 12.0 Å². The largest absolute Gasteiger partial charge is 0.314 e. The third-order valence-corrected chi connectivity index (χ3v) is 3.31. The molecule has 1 rings (SSSR count). The Bertz CT molecular complexity index is 349. The molecular formula is C15H24FN. The molecule has 0 aliphatic rings. The molecule has 0 aliphatic carbocycles. The lowest BCUT2D eigenvalue weighted by atomic mass is 9.81. The fraction of sp³-hybridized carbons (Fsp3) is 0.600. The first-order valence-electron chi connectivity index (χ1n) is 6.43. The van der Waals surface area contributed by atoms with Crippen LogP contribution in [0.3, 0.4) is 0 Å². The molecule has 0 saturated carbocycles. The van der Waals surface area contributed by atoms with Crippen LogP contribution in [0.15, 0.2) is 24.3 Å². The smallest absolute Gasteiger partial charge is 0.123 e. The van der Waals surface area contributed by atoms with Crippen molar-refractivity contribution in [3.05, 3.63) is 35.6 Å². The Morgan fingerprint density at radius 3 is 2.59 bits per heavy atom. The molecule has 0 radical (unpaired) electrons. The fourth-order valence-electron chi connectivity index (χ4n) is 1.90. The van der Waals surface area contributed by atoms with Crippen molar-refractivity contribution in [3.63, 3.8) is 0 Å². The van der Waals surface area contributed by atoms with Gasteiger partial charge in [0.05, 0.1) is 0 Å². The summed E-state index contributed by atoms with van der Waals surface area (Å²) >= 11 is 0. The van der Waals surface area contributed by atoms with Crippen LogP contribution in [0.5, 0.6) is 0 Å². The summed E-state index contributed by atoms with van der Waals surface area (Å²) in [5, 5.41) is 3.48. The van der Waals surface area contributed by atoms with E-state index in [-0.39, 0.29) is 11.2 Å². The number of nitrogens with one attached hydrogen (secondary N) is 1.